The van der Waals surface area contributed by atoms with E-state index in [4.69, 9.17) is 5.11 Å². The standard InChI is InChI=1S/C21H32O4/c1-3-4-5-6-7-8-12-18-13-9-14-19(18)16-17(2)11-10-15-21(24,25)20(22)23/h8-10,12-13,18-19,24-25H,3-7,14-16H2,1-2H3,(H,22,23)/t11?,18-,19+/m0/s1. The van der Waals surface area contributed by atoms with Crippen LogP contribution in [0.4, 0.5) is 0 Å². The van der Waals surface area contributed by atoms with Crippen molar-refractivity contribution in [2.75, 3.05) is 0 Å². The molecule has 0 saturated heterocycles. The van der Waals surface area contributed by atoms with Crippen LogP contribution in [0, 0.1) is 11.8 Å². The van der Waals surface area contributed by atoms with Crippen LogP contribution in [0.5, 0.6) is 0 Å². The third-order valence-electron chi connectivity index (χ3n) is 4.57. The summed E-state index contributed by atoms with van der Waals surface area (Å²) in [7, 11) is 0. The second-order valence-electron chi connectivity index (χ2n) is 6.94. The number of rotatable bonds is 11. The Morgan fingerprint density at radius 1 is 1.32 bits per heavy atom. The van der Waals surface area contributed by atoms with Gasteiger partial charge in [0.1, 0.15) is 0 Å². The molecule has 0 aliphatic heterocycles. The number of hydrogen-bond donors (Lipinski definition) is 3. The number of carboxylic acids is 1. The molecule has 1 aliphatic rings. The Morgan fingerprint density at radius 2 is 2.08 bits per heavy atom. The molecular weight excluding hydrogens is 316 g/mol. The van der Waals surface area contributed by atoms with Crippen molar-refractivity contribution in [1.29, 1.82) is 0 Å². The summed E-state index contributed by atoms with van der Waals surface area (Å²) in [6, 6.07) is 0. The first-order chi connectivity index (χ1) is 11.9. The first-order valence-corrected chi connectivity index (χ1v) is 9.29. The summed E-state index contributed by atoms with van der Waals surface area (Å²) in [6.45, 7) is 4.16. The third kappa shape index (κ3) is 8.35. The topological polar surface area (TPSA) is 77.8 Å². The lowest BCUT2D eigenvalue weighted by Crippen LogP contribution is -2.37. The van der Waals surface area contributed by atoms with Gasteiger partial charge >= 0.3 is 5.97 Å². The molecule has 2 atom stereocenters. The summed E-state index contributed by atoms with van der Waals surface area (Å²) in [6.07, 6.45) is 18.2. The Morgan fingerprint density at radius 3 is 2.76 bits per heavy atom. The van der Waals surface area contributed by atoms with Crippen molar-refractivity contribution in [1.82, 2.24) is 0 Å². The normalized spacial score (nSPS) is 20.0. The molecule has 3 N–H and O–H groups in total. The van der Waals surface area contributed by atoms with Crippen molar-refractivity contribution in [3.05, 3.63) is 41.7 Å². The molecule has 0 bridgehead atoms. The van der Waals surface area contributed by atoms with Gasteiger partial charge in [-0.1, -0.05) is 50.5 Å². The number of aliphatic hydroxyl groups is 2. The zero-order valence-corrected chi connectivity index (χ0v) is 15.4. The molecule has 0 spiro atoms. The van der Waals surface area contributed by atoms with E-state index in [9.17, 15) is 15.0 Å². The Bertz CT molecular complexity index is 536. The van der Waals surface area contributed by atoms with Crippen LogP contribution in [-0.2, 0) is 4.79 Å². The predicted octanol–water partition coefficient (Wildman–Crippen LogP) is 4.35. The van der Waals surface area contributed by atoms with E-state index >= 15 is 0 Å². The quantitative estimate of drug-likeness (QED) is 0.224. The zero-order valence-electron chi connectivity index (χ0n) is 15.4. The van der Waals surface area contributed by atoms with Crippen LogP contribution in [-0.4, -0.2) is 27.1 Å². The van der Waals surface area contributed by atoms with Gasteiger partial charge in [-0.3, -0.25) is 0 Å². The molecule has 0 radical (unpaired) electrons. The molecule has 4 heteroatoms. The van der Waals surface area contributed by atoms with Crippen LogP contribution in [0.1, 0.15) is 65.2 Å². The molecule has 0 amide bonds. The van der Waals surface area contributed by atoms with Gasteiger partial charge in [0.05, 0.1) is 0 Å². The number of hydrogen-bond acceptors (Lipinski definition) is 3. The fourth-order valence-corrected chi connectivity index (χ4v) is 3.01. The molecule has 25 heavy (non-hydrogen) atoms. The Kier molecular flexibility index (Phi) is 9.51. The smallest absolute Gasteiger partial charge is 0.364 e. The maximum Gasteiger partial charge on any atom is 0.364 e. The van der Waals surface area contributed by atoms with E-state index in [1.165, 1.54) is 31.8 Å². The summed E-state index contributed by atoms with van der Waals surface area (Å²) in [5, 5.41) is 27.2. The van der Waals surface area contributed by atoms with Gasteiger partial charge in [-0.2, -0.15) is 0 Å². The van der Waals surface area contributed by atoms with Crippen LogP contribution in [0.25, 0.3) is 0 Å². The molecular formula is C21H32O4. The summed E-state index contributed by atoms with van der Waals surface area (Å²) in [4.78, 5) is 10.6. The molecule has 0 aromatic heterocycles. The minimum atomic E-state index is -2.72. The molecule has 0 aromatic rings. The molecule has 0 fully saturated rings. The molecule has 0 heterocycles. The third-order valence-corrected chi connectivity index (χ3v) is 4.57. The molecule has 140 valence electrons. The van der Waals surface area contributed by atoms with E-state index in [-0.39, 0.29) is 6.42 Å². The number of carbonyl (C=O) groups is 1. The maximum absolute atomic E-state index is 10.6. The van der Waals surface area contributed by atoms with Crippen LogP contribution >= 0.6 is 0 Å². The lowest BCUT2D eigenvalue weighted by molar-refractivity contribution is -0.201. The monoisotopic (exact) mass is 348 g/mol. The van der Waals surface area contributed by atoms with E-state index < -0.39 is 11.8 Å². The highest BCUT2D eigenvalue weighted by Gasteiger charge is 2.31. The first kappa shape index (κ1) is 21.4. The summed E-state index contributed by atoms with van der Waals surface area (Å²) >= 11 is 0. The molecule has 0 saturated carbocycles. The van der Waals surface area contributed by atoms with Crippen molar-refractivity contribution >= 4 is 5.97 Å². The Balaban J connectivity index is 2.47. The van der Waals surface area contributed by atoms with Crippen molar-refractivity contribution < 1.29 is 20.1 Å². The average Bonchev–Trinajstić information content (AvgIpc) is 2.97. The Labute approximate surface area is 151 Å². The van der Waals surface area contributed by atoms with Crippen LogP contribution in [0.2, 0.25) is 0 Å². The number of allylic oxidation sites excluding steroid dienone is 4. The molecule has 0 aromatic carbocycles. The van der Waals surface area contributed by atoms with Crippen molar-refractivity contribution in [3.8, 4) is 0 Å². The maximum atomic E-state index is 10.6. The highest BCUT2D eigenvalue weighted by molar-refractivity contribution is 5.75. The number of aliphatic carboxylic acids is 1. The van der Waals surface area contributed by atoms with E-state index in [1.807, 2.05) is 6.92 Å². The van der Waals surface area contributed by atoms with Gasteiger partial charge in [-0.05, 0) is 56.1 Å². The fourth-order valence-electron chi connectivity index (χ4n) is 3.01. The van der Waals surface area contributed by atoms with Gasteiger partial charge in [0, 0.05) is 6.42 Å². The van der Waals surface area contributed by atoms with E-state index in [0.717, 1.165) is 24.8 Å². The van der Waals surface area contributed by atoms with Gasteiger partial charge < -0.3 is 15.3 Å². The van der Waals surface area contributed by atoms with Gasteiger partial charge in [0.15, 0.2) is 0 Å². The van der Waals surface area contributed by atoms with Crippen molar-refractivity contribution in [2.24, 2.45) is 11.8 Å². The number of unbranched alkanes of at least 4 members (excludes halogenated alkanes) is 4. The minimum Gasteiger partial charge on any atom is -0.477 e. The zero-order chi connectivity index (χ0) is 18.7. The number of carboxylic acid groups (broad SMARTS) is 1. The van der Waals surface area contributed by atoms with E-state index in [1.54, 1.807) is 0 Å². The highest BCUT2D eigenvalue weighted by Crippen LogP contribution is 2.31. The van der Waals surface area contributed by atoms with Gasteiger partial charge in [0.2, 0.25) is 0 Å². The lowest BCUT2D eigenvalue weighted by atomic mass is 9.89. The van der Waals surface area contributed by atoms with Crippen LogP contribution in [0.15, 0.2) is 41.7 Å². The van der Waals surface area contributed by atoms with Crippen molar-refractivity contribution in [3.63, 3.8) is 0 Å². The summed E-state index contributed by atoms with van der Waals surface area (Å²) < 4.78 is 0. The highest BCUT2D eigenvalue weighted by atomic mass is 16.5. The molecule has 1 aliphatic carbocycles. The van der Waals surface area contributed by atoms with Crippen LogP contribution in [0.3, 0.4) is 0 Å². The van der Waals surface area contributed by atoms with Crippen molar-refractivity contribution in [2.45, 2.75) is 71.0 Å². The SMILES string of the molecule is CCCCCCC=C[C@H]1C=CC[C@@H]1CC(C)=C=CCC(O)(O)C(=O)O. The second kappa shape index (κ2) is 11.1. The molecule has 4 nitrogen and oxygen atoms in total. The van der Waals surface area contributed by atoms with Gasteiger partial charge in [-0.25, -0.2) is 4.79 Å². The molecule has 1 rings (SSSR count). The fraction of sp³-hybridized carbons (Fsp3) is 0.619. The molecule has 0 unspecified atom stereocenters. The lowest BCUT2D eigenvalue weighted by Gasteiger charge is -2.16. The van der Waals surface area contributed by atoms with Gasteiger partial charge in [0.25, 0.3) is 5.79 Å². The summed E-state index contributed by atoms with van der Waals surface area (Å²) in [5.74, 6) is -3.42. The Hall–Kier alpha value is -1.61. The predicted molar refractivity (Wildman–Crippen MR) is 99.9 cm³/mol. The van der Waals surface area contributed by atoms with Crippen LogP contribution < -0.4 is 0 Å². The first-order valence-electron chi connectivity index (χ1n) is 9.29. The largest absolute Gasteiger partial charge is 0.477 e. The average molecular weight is 348 g/mol. The summed E-state index contributed by atoms with van der Waals surface area (Å²) in [5.41, 5.74) is 3.98. The van der Waals surface area contributed by atoms with E-state index in [0.29, 0.717) is 11.8 Å². The second-order valence-corrected chi connectivity index (χ2v) is 6.94. The minimum absolute atomic E-state index is 0.371. The van der Waals surface area contributed by atoms with E-state index in [2.05, 4.69) is 37.0 Å². The van der Waals surface area contributed by atoms with Gasteiger partial charge in [-0.15, -0.1) is 5.73 Å².